The molecule has 9 nitrogen and oxygen atoms in total. The molecule has 0 radical (unpaired) electrons. The van der Waals surface area contributed by atoms with Crippen molar-refractivity contribution in [1.82, 2.24) is 0 Å². The van der Waals surface area contributed by atoms with Gasteiger partial charge < -0.3 is 18.9 Å². The number of likely N-dealkylation sites (N-methyl/N-ethyl adjacent to an activating group) is 1. The monoisotopic (exact) mass is 769 g/mol. The normalized spacial score (nSPS) is 14.2. The Labute approximate surface area is 324 Å². The first-order valence-electron chi connectivity index (χ1n) is 20.9. The van der Waals surface area contributed by atoms with Crippen LogP contribution < -0.4 is 0 Å². The quantitative estimate of drug-likeness (QED) is 0.0219. The molecule has 0 spiro atoms. The van der Waals surface area contributed by atoms with Crippen LogP contribution in [0.25, 0.3) is 0 Å². The Morgan fingerprint density at radius 3 is 1.60 bits per heavy atom. The summed E-state index contributed by atoms with van der Waals surface area (Å²) in [5, 5.41) is 0. The van der Waals surface area contributed by atoms with Gasteiger partial charge in [-0.2, -0.15) is 0 Å². The number of ether oxygens (including phenoxy) is 2. The van der Waals surface area contributed by atoms with Gasteiger partial charge in [0, 0.05) is 12.8 Å². The van der Waals surface area contributed by atoms with Gasteiger partial charge in [0.2, 0.25) is 0 Å². The van der Waals surface area contributed by atoms with Crippen LogP contribution in [0.15, 0.2) is 48.6 Å². The molecule has 0 fully saturated rings. The Morgan fingerprint density at radius 2 is 1.08 bits per heavy atom. The molecule has 0 aliphatic carbocycles. The lowest BCUT2D eigenvalue weighted by Gasteiger charge is -2.24. The maximum Gasteiger partial charge on any atom is 0.472 e. The molecule has 1 unspecified atom stereocenters. The number of quaternary nitrogens is 1. The minimum Gasteiger partial charge on any atom is -0.462 e. The molecule has 0 aromatic carbocycles. The zero-order valence-electron chi connectivity index (χ0n) is 34.5. The van der Waals surface area contributed by atoms with Gasteiger partial charge in [-0.05, 0) is 51.4 Å². The third kappa shape index (κ3) is 39.5. The van der Waals surface area contributed by atoms with Gasteiger partial charge in [-0.15, -0.1) is 0 Å². The summed E-state index contributed by atoms with van der Waals surface area (Å²) in [5.74, 6) is -0.847. The van der Waals surface area contributed by atoms with Gasteiger partial charge in [0.25, 0.3) is 0 Å². The lowest BCUT2D eigenvalue weighted by atomic mass is 10.0. The summed E-state index contributed by atoms with van der Waals surface area (Å²) in [7, 11) is 1.45. The van der Waals surface area contributed by atoms with Crippen molar-refractivity contribution in [3.05, 3.63) is 48.6 Å². The molecule has 10 heteroatoms. The Balaban J connectivity index is 4.46. The summed E-state index contributed by atoms with van der Waals surface area (Å²) in [6, 6.07) is 0. The van der Waals surface area contributed by atoms with Crippen molar-refractivity contribution in [3.63, 3.8) is 0 Å². The van der Waals surface area contributed by atoms with Crippen molar-refractivity contribution in [3.8, 4) is 0 Å². The van der Waals surface area contributed by atoms with Crippen LogP contribution in [0.5, 0.6) is 0 Å². The van der Waals surface area contributed by atoms with Crippen molar-refractivity contribution in [1.29, 1.82) is 0 Å². The molecule has 0 saturated carbocycles. The van der Waals surface area contributed by atoms with E-state index in [2.05, 4.69) is 62.5 Å². The zero-order valence-corrected chi connectivity index (χ0v) is 35.4. The fourth-order valence-corrected chi connectivity index (χ4v) is 6.10. The highest BCUT2D eigenvalue weighted by atomic mass is 31.2. The highest BCUT2D eigenvalue weighted by Crippen LogP contribution is 2.43. The summed E-state index contributed by atoms with van der Waals surface area (Å²) >= 11 is 0. The fourth-order valence-electron chi connectivity index (χ4n) is 5.36. The van der Waals surface area contributed by atoms with Crippen LogP contribution in [0, 0.1) is 0 Å². The number of hydrogen-bond acceptors (Lipinski definition) is 7. The van der Waals surface area contributed by atoms with Crippen molar-refractivity contribution in [2.24, 2.45) is 0 Å². The zero-order chi connectivity index (χ0) is 39.3. The molecule has 0 aliphatic heterocycles. The van der Waals surface area contributed by atoms with Crippen LogP contribution in [0.4, 0.5) is 0 Å². The summed E-state index contributed by atoms with van der Waals surface area (Å²) in [5.41, 5.74) is 0. The predicted molar refractivity (Wildman–Crippen MR) is 220 cm³/mol. The van der Waals surface area contributed by atoms with Gasteiger partial charge in [-0.1, -0.05) is 146 Å². The third-order valence-electron chi connectivity index (χ3n) is 8.62. The maximum atomic E-state index is 12.7. The largest absolute Gasteiger partial charge is 0.472 e. The topological polar surface area (TPSA) is 108 Å². The van der Waals surface area contributed by atoms with Gasteiger partial charge in [0.1, 0.15) is 19.8 Å². The van der Waals surface area contributed by atoms with Crippen LogP contribution >= 0.6 is 7.82 Å². The van der Waals surface area contributed by atoms with Crippen molar-refractivity contribution < 1.29 is 42.1 Å². The molecule has 0 amide bonds. The summed E-state index contributed by atoms with van der Waals surface area (Å²) in [6.07, 6.45) is 40.2. The van der Waals surface area contributed by atoms with Crippen molar-refractivity contribution in [2.45, 2.75) is 168 Å². The van der Waals surface area contributed by atoms with E-state index in [0.717, 1.165) is 51.4 Å². The highest BCUT2D eigenvalue weighted by Gasteiger charge is 2.27. The summed E-state index contributed by atoms with van der Waals surface area (Å²) in [4.78, 5) is 35.3. The van der Waals surface area contributed by atoms with E-state index in [4.69, 9.17) is 18.5 Å². The fraction of sp³-hybridized carbons (Fsp3) is 0.767. The van der Waals surface area contributed by atoms with Crippen LogP contribution in [0.1, 0.15) is 162 Å². The van der Waals surface area contributed by atoms with E-state index in [1.54, 1.807) is 0 Å². The molecule has 308 valence electrons. The number of nitrogens with zero attached hydrogens (tertiary/aromatic N) is 1. The molecule has 2 atom stereocenters. The first kappa shape index (κ1) is 51.0. The average Bonchev–Trinajstić information content (AvgIpc) is 3.10. The number of phosphoric ester groups is 1. The molecule has 0 aromatic heterocycles. The Kier molecular flexibility index (Phi) is 34.3. The average molecular weight is 769 g/mol. The van der Waals surface area contributed by atoms with Gasteiger partial charge >= 0.3 is 19.8 Å². The van der Waals surface area contributed by atoms with Crippen LogP contribution in [0.2, 0.25) is 0 Å². The van der Waals surface area contributed by atoms with E-state index in [9.17, 15) is 19.0 Å². The van der Waals surface area contributed by atoms with Crippen molar-refractivity contribution in [2.75, 3.05) is 47.5 Å². The minimum absolute atomic E-state index is 0.0246. The van der Waals surface area contributed by atoms with Gasteiger partial charge in [-0.25, -0.2) is 4.57 Å². The number of rotatable bonds is 37. The number of carbonyl (C=O) groups is 2. The second-order valence-corrected chi connectivity index (χ2v) is 16.5. The van der Waals surface area contributed by atoms with Gasteiger partial charge in [0.05, 0.1) is 27.7 Å². The molecule has 0 aromatic rings. The number of phosphoric acid groups is 1. The van der Waals surface area contributed by atoms with E-state index >= 15 is 0 Å². The SMILES string of the molecule is CC/C=C\C/C=C\C/C=C\C/C=C\CCCCC(=O)OC[C@H](COP(=O)(O)OCC[N+](C)(C)C)OC(=O)CCCCCCCCCCCCCCCC. The molecule has 53 heavy (non-hydrogen) atoms. The third-order valence-corrected chi connectivity index (χ3v) is 9.61. The number of esters is 2. The first-order chi connectivity index (χ1) is 25.5. The van der Waals surface area contributed by atoms with E-state index < -0.39 is 32.5 Å². The highest BCUT2D eigenvalue weighted by molar-refractivity contribution is 7.47. The molecular formula is C43H79NO8P+. The van der Waals surface area contributed by atoms with Crippen LogP contribution in [-0.2, 0) is 32.7 Å². The van der Waals surface area contributed by atoms with E-state index in [-0.39, 0.29) is 26.1 Å². The molecule has 0 bridgehead atoms. The Bertz CT molecular complexity index is 1050. The number of allylic oxidation sites excluding steroid dienone is 8. The molecule has 0 rings (SSSR count). The summed E-state index contributed by atoms with van der Waals surface area (Å²) < 4.78 is 34.2. The van der Waals surface area contributed by atoms with Crippen LogP contribution in [-0.4, -0.2) is 74.9 Å². The van der Waals surface area contributed by atoms with Crippen LogP contribution in [0.3, 0.4) is 0 Å². The number of hydrogen-bond donors (Lipinski definition) is 1. The summed E-state index contributed by atoms with van der Waals surface area (Å²) in [6.45, 7) is 4.25. The lowest BCUT2D eigenvalue weighted by Crippen LogP contribution is -2.37. The molecule has 0 saturated heterocycles. The number of carbonyl (C=O) groups excluding carboxylic acids is 2. The van der Waals surface area contributed by atoms with Gasteiger partial charge in [-0.3, -0.25) is 18.6 Å². The van der Waals surface area contributed by atoms with E-state index in [1.807, 2.05) is 21.1 Å². The smallest absolute Gasteiger partial charge is 0.462 e. The minimum atomic E-state index is -4.38. The first-order valence-corrected chi connectivity index (χ1v) is 22.4. The standard InChI is InChI=1S/C43H78NO8P/c1-6-8-10-12-14-16-18-20-22-24-25-27-29-31-33-35-42(45)49-39-41(40-51-53(47,48)50-38-37-44(3,4)5)52-43(46)36-34-32-30-28-26-23-21-19-17-15-13-11-9-7-2/h8,10,14,16,20,22,25,27,41H,6-7,9,11-13,15,17-19,21,23-24,26,28-40H2,1-5H3/p+1/b10-8-,16-14-,22-20-,27-25-/t41-/m1/s1. The lowest BCUT2D eigenvalue weighted by molar-refractivity contribution is -0.870. The molecule has 1 N–H and O–H groups in total. The predicted octanol–water partition coefficient (Wildman–Crippen LogP) is 11.5. The second kappa shape index (κ2) is 35.7. The maximum absolute atomic E-state index is 12.7. The molecular weight excluding hydrogens is 689 g/mol. The Hall–Kier alpha value is -2.03. The molecule has 0 heterocycles. The Morgan fingerprint density at radius 1 is 0.604 bits per heavy atom. The second-order valence-electron chi connectivity index (χ2n) is 15.0. The van der Waals surface area contributed by atoms with E-state index in [1.165, 1.54) is 70.6 Å². The van der Waals surface area contributed by atoms with E-state index in [0.29, 0.717) is 23.9 Å². The van der Waals surface area contributed by atoms with Crippen molar-refractivity contribution >= 4 is 19.8 Å². The number of unbranched alkanes of at least 4 members (excludes halogenated alkanes) is 15. The van der Waals surface area contributed by atoms with Gasteiger partial charge in [0.15, 0.2) is 6.10 Å². The molecule has 0 aliphatic rings.